The summed E-state index contributed by atoms with van der Waals surface area (Å²) < 4.78 is 9.95. The van der Waals surface area contributed by atoms with Crippen LogP contribution < -0.4 is 0 Å². The quantitative estimate of drug-likeness (QED) is 0.553. The fourth-order valence-electron chi connectivity index (χ4n) is 1.22. The first-order valence-electron chi connectivity index (χ1n) is 4.76. The van der Waals surface area contributed by atoms with Crippen LogP contribution in [0.3, 0.4) is 0 Å². The Labute approximate surface area is 94.6 Å². The first kappa shape index (κ1) is 12.4. The van der Waals surface area contributed by atoms with Gasteiger partial charge in [0.1, 0.15) is 11.0 Å². The highest BCUT2D eigenvalue weighted by molar-refractivity contribution is 6.29. The molecule has 0 saturated carbocycles. The molecule has 0 N–H and O–H groups in total. The summed E-state index contributed by atoms with van der Waals surface area (Å²) in [5, 5.41) is 0.462. The van der Waals surface area contributed by atoms with Crippen molar-refractivity contribution in [2.45, 2.75) is 19.4 Å². The molecule has 0 spiro atoms. The third-order valence-corrected chi connectivity index (χ3v) is 2.03. The van der Waals surface area contributed by atoms with Gasteiger partial charge in [-0.2, -0.15) is 0 Å². The highest BCUT2D eigenvalue weighted by atomic mass is 35.5. The molecule has 4 nitrogen and oxygen atoms in total. The van der Waals surface area contributed by atoms with Gasteiger partial charge in [0.05, 0.1) is 12.3 Å². The second kappa shape index (κ2) is 6.71. The van der Waals surface area contributed by atoms with E-state index >= 15 is 0 Å². The maximum Gasteiger partial charge on any atom is 0.133 e. The average molecular weight is 231 g/mol. The monoisotopic (exact) mass is 230 g/mol. The Morgan fingerprint density at radius 2 is 2.07 bits per heavy atom. The van der Waals surface area contributed by atoms with Crippen molar-refractivity contribution in [1.29, 1.82) is 0 Å². The third-order valence-electron chi connectivity index (χ3n) is 1.84. The summed E-state index contributed by atoms with van der Waals surface area (Å²) in [5.74, 6) is 0.742. The fourth-order valence-corrected chi connectivity index (χ4v) is 1.45. The molecule has 0 radical (unpaired) electrons. The fraction of sp³-hybridized carbons (Fsp3) is 0.600. The summed E-state index contributed by atoms with van der Waals surface area (Å²) in [7, 11) is 3.30. The normalized spacial score (nSPS) is 10.6. The zero-order valence-electron chi connectivity index (χ0n) is 8.99. The maximum atomic E-state index is 5.86. The molecular formula is C10H15ClN2O2. The molecule has 0 aliphatic rings. The van der Waals surface area contributed by atoms with Crippen molar-refractivity contribution < 1.29 is 9.47 Å². The van der Waals surface area contributed by atoms with Crippen LogP contribution in [0, 0.1) is 0 Å². The van der Waals surface area contributed by atoms with Gasteiger partial charge >= 0.3 is 0 Å². The summed E-state index contributed by atoms with van der Waals surface area (Å²) in [4.78, 5) is 8.45. The SMILES string of the molecule is COCCCc1nc(Cl)cc(COC)n1. The molecule has 0 aromatic carbocycles. The second-order valence-electron chi connectivity index (χ2n) is 3.13. The first-order chi connectivity index (χ1) is 7.26. The van der Waals surface area contributed by atoms with E-state index in [0.717, 1.165) is 24.4 Å². The van der Waals surface area contributed by atoms with Crippen molar-refractivity contribution in [3.8, 4) is 0 Å². The van der Waals surface area contributed by atoms with E-state index < -0.39 is 0 Å². The van der Waals surface area contributed by atoms with Gasteiger partial charge in [0.25, 0.3) is 0 Å². The molecule has 0 fully saturated rings. The minimum absolute atomic E-state index is 0.458. The molecule has 0 saturated heterocycles. The Bertz CT molecular complexity index is 307. The second-order valence-corrected chi connectivity index (χ2v) is 3.51. The van der Waals surface area contributed by atoms with Crippen LogP contribution in [0.4, 0.5) is 0 Å². The Kier molecular flexibility index (Phi) is 5.53. The molecule has 1 rings (SSSR count). The van der Waals surface area contributed by atoms with Gasteiger partial charge in [0, 0.05) is 27.2 Å². The molecule has 0 aliphatic carbocycles. The van der Waals surface area contributed by atoms with Gasteiger partial charge in [-0.05, 0) is 12.5 Å². The smallest absolute Gasteiger partial charge is 0.133 e. The molecule has 1 aromatic heterocycles. The van der Waals surface area contributed by atoms with Gasteiger partial charge in [-0.15, -0.1) is 0 Å². The van der Waals surface area contributed by atoms with Crippen LogP contribution in [-0.2, 0) is 22.5 Å². The Morgan fingerprint density at radius 1 is 1.27 bits per heavy atom. The van der Waals surface area contributed by atoms with Gasteiger partial charge in [-0.3, -0.25) is 0 Å². The predicted octanol–water partition coefficient (Wildman–Crippen LogP) is 1.86. The van der Waals surface area contributed by atoms with E-state index in [1.54, 1.807) is 20.3 Å². The number of ether oxygens (including phenoxy) is 2. The number of nitrogens with zero attached hydrogens (tertiary/aromatic N) is 2. The predicted molar refractivity (Wildman–Crippen MR) is 58.0 cm³/mol. The van der Waals surface area contributed by atoms with Crippen LogP contribution in [0.15, 0.2) is 6.07 Å². The minimum Gasteiger partial charge on any atom is -0.385 e. The summed E-state index contributed by atoms with van der Waals surface area (Å²) >= 11 is 5.86. The lowest BCUT2D eigenvalue weighted by molar-refractivity contribution is 0.180. The van der Waals surface area contributed by atoms with Gasteiger partial charge < -0.3 is 9.47 Å². The highest BCUT2D eigenvalue weighted by Gasteiger charge is 2.03. The van der Waals surface area contributed by atoms with E-state index in [-0.39, 0.29) is 0 Å². The van der Waals surface area contributed by atoms with Crippen LogP contribution in [0.2, 0.25) is 5.15 Å². The van der Waals surface area contributed by atoms with Crippen molar-refractivity contribution in [3.05, 3.63) is 22.7 Å². The Morgan fingerprint density at radius 3 is 2.73 bits per heavy atom. The van der Waals surface area contributed by atoms with E-state index in [1.165, 1.54) is 0 Å². The lowest BCUT2D eigenvalue weighted by Gasteiger charge is -2.04. The molecule has 0 bridgehead atoms. The number of rotatable bonds is 6. The van der Waals surface area contributed by atoms with E-state index in [0.29, 0.717) is 18.4 Å². The van der Waals surface area contributed by atoms with Crippen molar-refractivity contribution >= 4 is 11.6 Å². The number of aromatic nitrogens is 2. The van der Waals surface area contributed by atoms with Gasteiger partial charge in [0.2, 0.25) is 0 Å². The molecular weight excluding hydrogens is 216 g/mol. The van der Waals surface area contributed by atoms with E-state index in [2.05, 4.69) is 9.97 Å². The molecule has 0 aliphatic heterocycles. The molecule has 0 amide bonds. The van der Waals surface area contributed by atoms with Crippen molar-refractivity contribution in [3.63, 3.8) is 0 Å². The maximum absolute atomic E-state index is 5.86. The summed E-state index contributed by atoms with van der Waals surface area (Å²) in [6, 6.07) is 1.71. The molecule has 15 heavy (non-hydrogen) atoms. The van der Waals surface area contributed by atoms with Crippen molar-refractivity contribution in [2.75, 3.05) is 20.8 Å². The van der Waals surface area contributed by atoms with Crippen molar-refractivity contribution in [1.82, 2.24) is 9.97 Å². The molecule has 1 aromatic rings. The average Bonchev–Trinajstić information content (AvgIpc) is 2.18. The van der Waals surface area contributed by atoms with E-state index in [9.17, 15) is 0 Å². The third kappa shape index (κ3) is 4.55. The minimum atomic E-state index is 0.458. The summed E-state index contributed by atoms with van der Waals surface area (Å²) in [6.45, 7) is 1.16. The highest BCUT2D eigenvalue weighted by Crippen LogP contribution is 2.09. The lowest BCUT2D eigenvalue weighted by atomic mass is 10.3. The number of aryl methyl sites for hydroxylation is 1. The van der Waals surface area contributed by atoms with E-state index in [4.69, 9.17) is 21.1 Å². The van der Waals surface area contributed by atoms with Crippen LogP contribution in [0.25, 0.3) is 0 Å². The number of hydrogen-bond acceptors (Lipinski definition) is 4. The molecule has 1 heterocycles. The zero-order valence-corrected chi connectivity index (χ0v) is 9.75. The summed E-state index contributed by atoms with van der Waals surface area (Å²) in [6.07, 6.45) is 1.66. The number of halogens is 1. The molecule has 0 atom stereocenters. The molecule has 0 unspecified atom stereocenters. The van der Waals surface area contributed by atoms with Crippen LogP contribution in [0.1, 0.15) is 17.9 Å². The van der Waals surface area contributed by atoms with Gasteiger partial charge in [-0.25, -0.2) is 9.97 Å². The standard InChI is InChI=1S/C10H15ClN2O2/c1-14-5-3-4-10-12-8(7-15-2)6-9(11)13-10/h6H,3-5,7H2,1-2H3. The largest absolute Gasteiger partial charge is 0.385 e. The van der Waals surface area contributed by atoms with Gasteiger partial charge in [0.15, 0.2) is 0 Å². The molecule has 5 heteroatoms. The first-order valence-corrected chi connectivity index (χ1v) is 5.14. The topological polar surface area (TPSA) is 44.2 Å². The van der Waals surface area contributed by atoms with Crippen LogP contribution >= 0.6 is 11.6 Å². The molecule has 84 valence electrons. The number of methoxy groups -OCH3 is 2. The Hall–Kier alpha value is -0.710. The Balaban J connectivity index is 2.62. The van der Waals surface area contributed by atoms with Crippen molar-refractivity contribution in [2.24, 2.45) is 0 Å². The zero-order chi connectivity index (χ0) is 11.1. The van der Waals surface area contributed by atoms with Crippen LogP contribution in [0.5, 0.6) is 0 Å². The van der Waals surface area contributed by atoms with Gasteiger partial charge in [-0.1, -0.05) is 11.6 Å². The van der Waals surface area contributed by atoms with Crippen LogP contribution in [-0.4, -0.2) is 30.8 Å². The number of hydrogen-bond donors (Lipinski definition) is 0. The summed E-state index contributed by atoms with van der Waals surface area (Å²) in [5.41, 5.74) is 0.810. The van der Waals surface area contributed by atoms with E-state index in [1.807, 2.05) is 0 Å². The lowest BCUT2D eigenvalue weighted by Crippen LogP contribution is -2.02.